The predicted molar refractivity (Wildman–Crippen MR) is 93.4 cm³/mol. The van der Waals surface area contributed by atoms with Crippen molar-refractivity contribution in [3.8, 4) is 0 Å². The number of hydrogen-bond acceptors (Lipinski definition) is 2. The molecular weight excluding hydrogens is 289 g/mol. The Bertz CT molecular complexity index is 296. The summed E-state index contributed by atoms with van der Waals surface area (Å²) in [5.74, 6) is -1.18. The van der Waals surface area contributed by atoms with E-state index in [1.54, 1.807) is 13.8 Å². The first kappa shape index (κ1) is 24.2. The van der Waals surface area contributed by atoms with Crippen molar-refractivity contribution in [2.75, 3.05) is 0 Å². The van der Waals surface area contributed by atoms with Crippen LogP contribution in [0.3, 0.4) is 0 Å². The second-order valence-corrected chi connectivity index (χ2v) is 6.21. The van der Waals surface area contributed by atoms with E-state index >= 15 is 0 Å². The maximum atomic E-state index is 11.7. The van der Waals surface area contributed by atoms with E-state index in [0.717, 1.165) is 12.8 Å². The third-order valence-electron chi connectivity index (χ3n) is 3.76. The SMILES string of the molecule is CCCCCCCCCCCC(=O)NC(C(=O)O)C(C)C.[NaH]. The average Bonchev–Trinajstić information content (AvgIpc) is 2.42. The molecule has 0 fully saturated rings. The molecule has 2 N–H and O–H groups in total. The van der Waals surface area contributed by atoms with Gasteiger partial charge in [0.15, 0.2) is 0 Å². The van der Waals surface area contributed by atoms with Crippen molar-refractivity contribution in [3.63, 3.8) is 0 Å². The molecule has 0 aromatic heterocycles. The zero-order chi connectivity index (χ0) is 16.1. The van der Waals surface area contributed by atoms with E-state index in [9.17, 15) is 9.59 Å². The molecule has 0 aromatic carbocycles. The fraction of sp³-hybridized carbons (Fsp3) is 0.882. The van der Waals surface area contributed by atoms with Gasteiger partial charge < -0.3 is 10.4 Å². The normalized spacial score (nSPS) is 11.8. The van der Waals surface area contributed by atoms with E-state index < -0.39 is 12.0 Å². The zero-order valence-electron chi connectivity index (χ0n) is 14.0. The molecular formula is C17H34NNaO3. The molecule has 0 radical (unpaired) electrons. The fourth-order valence-corrected chi connectivity index (χ4v) is 2.36. The van der Waals surface area contributed by atoms with Gasteiger partial charge in [-0.1, -0.05) is 72.1 Å². The summed E-state index contributed by atoms with van der Waals surface area (Å²) in [5, 5.41) is 11.6. The van der Waals surface area contributed by atoms with Gasteiger partial charge in [-0.25, -0.2) is 4.79 Å². The Morgan fingerprint density at radius 3 is 1.77 bits per heavy atom. The van der Waals surface area contributed by atoms with Gasteiger partial charge in [0, 0.05) is 6.42 Å². The minimum atomic E-state index is -0.953. The molecule has 0 spiro atoms. The van der Waals surface area contributed by atoms with Gasteiger partial charge in [0.25, 0.3) is 0 Å². The van der Waals surface area contributed by atoms with Gasteiger partial charge in [-0.3, -0.25) is 4.79 Å². The molecule has 0 saturated heterocycles. The number of rotatable bonds is 13. The topological polar surface area (TPSA) is 66.4 Å². The van der Waals surface area contributed by atoms with Crippen LogP contribution in [0.4, 0.5) is 0 Å². The molecule has 1 unspecified atom stereocenters. The summed E-state index contributed by atoms with van der Waals surface area (Å²) < 4.78 is 0. The van der Waals surface area contributed by atoms with Crippen molar-refractivity contribution in [2.45, 2.75) is 91.0 Å². The summed E-state index contributed by atoms with van der Waals surface area (Å²) in [4.78, 5) is 22.7. The summed E-state index contributed by atoms with van der Waals surface area (Å²) in [5.41, 5.74) is 0. The fourth-order valence-electron chi connectivity index (χ4n) is 2.36. The first-order chi connectivity index (χ1) is 9.99. The van der Waals surface area contributed by atoms with Crippen LogP contribution in [-0.4, -0.2) is 52.6 Å². The molecule has 0 aliphatic rings. The van der Waals surface area contributed by atoms with Crippen LogP contribution in [0.25, 0.3) is 0 Å². The van der Waals surface area contributed by atoms with Gasteiger partial charge in [0.05, 0.1) is 0 Å². The van der Waals surface area contributed by atoms with E-state index in [1.807, 2.05) is 0 Å². The summed E-state index contributed by atoms with van der Waals surface area (Å²) >= 11 is 0. The average molecular weight is 323 g/mol. The number of aliphatic carboxylic acids is 1. The number of carboxylic acids is 1. The number of nitrogens with one attached hydrogen (secondary N) is 1. The molecule has 0 aliphatic heterocycles. The Morgan fingerprint density at radius 1 is 0.909 bits per heavy atom. The third kappa shape index (κ3) is 13.6. The molecule has 0 aromatic rings. The molecule has 0 saturated carbocycles. The van der Waals surface area contributed by atoms with Crippen LogP contribution in [0.15, 0.2) is 0 Å². The first-order valence-electron chi connectivity index (χ1n) is 8.51. The summed E-state index contributed by atoms with van der Waals surface area (Å²) in [6.45, 7) is 5.83. The van der Waals surface area contributed by atoms with Crippen molar-refractivity contribution < 1.29 is 14.7 Å². The second kappa shape index (κ2) is 15.8. The Labute approximate surface area is 158 Å². The van der Waals surface area contributed by atoms with Crippen molar-refractivity contribution in [3.05, 3.63) is 0 Å². The van der Waals surface area contributed by atoms with Crippen LogP contribution in [-0.2, 0) is 9.59 Å². The molecule has 0 rings (SSSR count). The number of carboxylic acid groups (broad SMARTS) is 1. The molecule has 1 amide bonds. The molecule has 5 heteroatoms. The summed E-state index contributed by atoms with van der Waals surface area (Å²) in [6.07, 6.45) is 11.3. The zero-order valence-corrected chi connectivity index (χ0v) is 14.0. The van der Waals surface area contributed by atoms with Crippen molar-refractivity contribution in [1.29, 1.82) is 0 Å². The van der Waals surface area contributed by atoms with E-state index in [2.05, 4.69) is 12.2 Å². The second-order valence-electron chi connectivity index (χ2n) is 6.21. The van der Waals surface area contributed by atoms with Gasteiger partial charge in [0.2, 0.25) is 5.91 Å². The van der Waals surface area contributed by atoms with Crippen molar-refractivity contribution >= 4 is 41.4 Å². The van der Waals surface area contributed by atoms with Gasteiger partial charge in [-0.05, 0) is 12.3 Å². The van der Waals surface area contributed by atoms with Gasteiger partial charge >= 0.3 is 35.5 Å². The van der Waals surface area contributed by atoms with Crippen LogP contribution < -0.4 is 5.32 Å². The Kier molecular flexibility index (Phi) is 17.4. The summed E-state index contributed by atoms with van der Waals surface area (Å²) in [7, 11) is 0. The predicted octanol–water partition coefficient (Wildman–Crippen LogP) is 3.48. The van der Waals surface area contributed by atoms with Crippen LogP contribution in [0, 0.1) is 5.92 Å². The Hall–Kier alpha value is -0.0600. The molecule has 126 valence electrons. The number of unbranched alkanes of at least 4 members (excludes halogenated alkanes) is 8. The Morgan fingerprint density at radius 2 is 1.36 bits per heavy atom. The monoisotopic (exact) mass is 323 g/mol. The summed E-state index contributed by atoms with van der Waals surface area (Å²) in [6, 6.07) is -0.768. The van der Waals surface area contributed by atoms with Crippen LogP contribution in [0.2, 0.25) is 0 Å². The molecule has 0 bridgehead atoms. The van der Waals surface area contributed by atoms with Gasteiger partial charge in [0.1, 0.15) is 6.04 Å². The standard InChI is InChI=1S/C17H33NO3.Na.H/c1-4-5-6-7-8-9-10-11-12-13-15(19)18-16(14(2)3)17(20)21;;/h14,16H,4-13H2,1-3H3,(H,18,19)(H,20,21);;. The van der Waals surface area contributed by atoms with Crippen LogP contribution in [0.5, 0.6) is 0 Å². The van der Waals surface area contributed by atoms with Gasteiger partial charge in [-0.2, -0.15) is 0 Å². The molecule has 0 heterocycles. The number of amides is 1. The number of hydrogen-bond donors (Lipinski definition) is 2. The number of carbonyl (C=O) groups excluding carboxylic acids is 1. The molecule has 22 heavy (non-hydrogen) atoms. The Balaban J connectivity index is 0. The molecule has 0 aliphatic carbocycles. The van der Waals surface area contributed by atoms with E-state index in [4.69, 9.17) is 5.11 Å². The third-order valence-corrected chi connectivity index (χ3v) is 3.76. The molecule has 1 atom stereocenters. The number of carbonyl (C=O) groups is 2. The van der Waals surface area contributed by atoms with Crippen LogP contribution >= 0.6 is 0 Å². The van der Waals surface area contributed by atoms with E-state index in [-0.39, 0.29) is 41.4 Å². The maximum absolute atomic E-state index is 11.7. The van der Waals surface area contributed by atoms with Crippen molar-refractivity contribution in [1.82, 2.24) is 5.32 Å². The van der Waals surface area contributed by atoms with E-state index in [1.165, 1.54) is 44.9 Å². The molecule has 4 nitrogen and oxygen atoms in total. The van der Waals surface area contributed by atoms with Crippen molar-refractivity contribution in [2.24, 2.45) is 5.92 Å². The quantitative estimate of drug-likeness (QED) is 0.403. The van der Waals surface area contributed by atoms with Gasteiger partial charge in [-0.15, -0.1) is 0 Å². The minimum absolute atomic E-state index is 0. The van der Waals surface area contributed by atoms with Crippen LogP contribution in [0.1, 0.15) is 85.0 Å². The van der Waals surface area contributed by atoms with E-state index in [0.29, 0.717) is 6.42 Å². The first-order valence-corrected chi connectivity index (χ1v) is 8.51.